The van der Waals surface area contributed by atoms with Gasteiger partial charge in [-0.15, -0.1) is 0 Å². The van der Waals surface area contributed by atoms with Crippen molar-refractivity contribution in [1.29, 1.82) is 0 Å². The van der Waals surface area contributed by atoms with Crippen molar-refractivity contribution in [1.82, 2.24) is 0 Å². The van der Waals surface area contributed by atoms with Crippen LogP contribution in [0, 0.1) is 0 Å². The molecule has 0 aromatic heterocycles. The van der Waals surface area contributed by atoms with E-state index in [1.54, 1.807) is 49.4 Å². The third-order valence-electron chi connectivity index (χ3n) is 3.33. The van der Waals surface area contributed by atoms with Gasteiger partial charge >= 0.3 is 5.97 Å². The average Bonchev–Trinajstić information content (AvgIpc) is 2.60. The van der Waals surface area contributed by atoms with E-state index in [2.05, 4.69) is 0 Å². The molecule has 0 radical (unpaired) electrons. The molecular weight excluding hydrogens is 296 g/mol. The fourth-order valence-electron chi connectivity index (χ4n) is 2.16. The van der Waals surface area contributed by atoms with Crippen LogP contribution in [0.2, 0.25) is 0 Å². The minimum atomic E-state index is -0.902. The summed E-state index contributed by atoms with van der Waals surface area (Å²) in [7, 11) is 2.92. The van der Waals surface area contributed by atoms with Gasteiger partial charge in [0.2, 0.25) is 5.78 Å². The largest absolute Gasteiger partial charge is 0.493 e. The van der Waals surface area contributed by atoms with E-state index in [4.69, 9.17) is 14.2 Å². The lowest BCUT2D eigenvalue weighted by Crippen LogP contribution is -2.24. The second kappa shape index (κ2) is 7.45. The molecule has 0 N–H and O–H groups in total. The molecule has 0 spiro atoms. The van der Waals surface area contributed by atoms with Gasteiger partial charge < -0.3 is 14.2 Å². The second-order valence-electron chi connectivity index (χ2n) is 4.82. The number of carbonyl (C=O) groups excluding carboxylic acids is 2. The van der Waals surface area contributed by atoms with E-state index in [0.717, 1.165) is 0 Å². The molecule has 0 aliphatic heterocycles. The maximum Gasteiger partial charge on any atom is 0.342 e. The minimum absolute atomic E-state index is 0.208. The van der Waals surface area contributed by atoms with E-state index in [1.165, 1.54) is 14.2 Å². The molecule has 23 heavy (non-hydrogen) atoms. The number of hydrogen-bond acceptors (Lipinski definition) is 5. The third kappa shape index (κ3) is 3.69. The van der Waals surface area contributed by atoms with Crippen LogP contribution in [0.3, 0.4) is 0 Å². The normalized spacial score (nSPS) is 11.4. The molecule has 0 aliphatic carbocycles. The Bertz CT molecular complexity index is 694. The first-order valence-electron chi connectivity index (χ1n) is 7.09. The first-order chi connectivity index (χ1) is 11.1. The number of ether oxygens (including phenoxy) is 3. The van der Waals surface area contributed by atoms with E-state index in [1.807, 2.05) is 6.07 Å². The molecule has 1 atom stereocenters. The van der Waals surface area contributed by atoms with Gasteiger partial charge in [0.1, 0.15) is 5.56 Å². The molecule has 2 aromatic rings. The fraction of sp³-hybridized carbons (Fsp3) is 0.222. The van der Waals surface area contributed by atoms with Crippen molar-refractivity contribution < 1.29 is 23.8 Å². The summed E-state index contributed by atoms with van der Waals surface area (Å²) in [5, 5.41) is 0. The summed E-state index contributed by atoms with van der Waals surface area (Å²) >= 11 is 0. The van der Waals surface area contributed by atoms with Crippen molar-refractivity contribution in [2.45, 2.75) is 13.0 Å². The molecule has 0 saturated heterocycles. The molecule has 5 heteroatoms. The van der Waals surface area contributed by atoms with Gasteiger partial charge in [-0.05, 0) is 19.1 Å². The van der Waals surface area contributed by atoms with Crippen LogP contribution in [0.1, 0.15) is 27.6 Å². The number of esters is 1. The van der Waals surface area contributed by atoms with Crippen molar-refractivity contribution >= 4 is 11.8 Å². The van der Waals surface area contributed by atoms with Crippen LogP contribution in [0.25, 0.3) is 0 Å². The number of para-hydroxylation sites is 1. The Balaban J connectivity index is 2.18. The molecule has 120 valence electrons. The molecule has 2 aromatic carbocycles. The third-order valence-corrected chi connectivity index (χ3v) is 3.33. The van der Waals surface area contributed by atoms with Gasteiger partial charge in [0.05, 0.1) is 14.2 Å². The highest BCUT2D eigenvalue weighted by Crippen LogP contribution is 2.31. The predicted molar refractivity (Wildman–Crippen MR) is 85.2 cm³/mol. The Kier molecular flexibility index (Phi) is 5.36. The summed E-state index contributed by atoms with van der Waals surface area (Å²) in [5.74, 6) is -0.207. The van der Waals surface area contributed by atoms with Gasteiger partial charge in [-0.2, -0.15) is 0 Å². The number of carbonyl (C=O) groups is 2. The van der Waals surface area contributed by atoms with Gasteiger partial charge in [-0.1, -0.05) is 36.4 Å². The summed E-state index contributed by atoms with van der Waals surface area (Å²) in [6.07, 6.45) is -0.902. The van der Waals surface area contributed by atoms with Crippen LogP contribution >= 0.6 is 0 Å². The number of Topliss-reactive ketones (excluding diaryl/α,β-unsaturated/α-hetero) is 1. The molecule has 0 heterocycles. The van der Waals surface area contributed by atoms with Crippen LogP contribution in [-0.4, -0.2) is 32.1 Å². The van der Waals surface area contributed by atoms with E-state index < -0.39 is 12.1 Å². The first-order valence-corrected chi connectivity index (χ1v) is 7.09. The van der Waals surface area contributed by atoms with Crippen LogP contribution in [-0.2, 0) is 4.74 Å². The van der Waals surface area contributed by atoms with Crippen molar-refractivity contribution in [3.63, 3.8) is 0 Å². The zero-order valence-corrected chi connectivity index (χ0v) is 13.2. The Morgan fingerprint density at radius 1 is 0.913 bits per heavy atom. The summed E-state index contributed by atoms with van der Waals surface area (Å²) < 4.78 is 15.6. The summed E-state index contributed by atoms with van der Waals surface area (Å²) in [6, 6.07) is 13.6. The maximum absolute atomic E-state index is 12.3. The van der Waals surface area contributed by atoms with E-state index >= 15 is 0 Å². The Hall–Kier alpha value is -2.82. The van der Waals surface area contributed by atoms with Gasteiger partial charge in [-0.25, -0.2) is 4.79 Å². The van der Waals surface area contributed by atoms with Crippen LogP contribution in [0.4, 0.5) is 0 Å². The monoisotopic (exact) mass is 314 g/mol. The number of hydrogen-bond donors (Lipinski definition) is 0. The van der Waals surface area contributed by atoms with Crippen LogP contribution in [0.5, 0.6) is 11.5 Å². The molecule has 0 aliphatic rings. The van der Waals surface area contributed by atoms with E-state index in [-0.39, 0.29) is 17.1 Å². The van der Waals surface area contributed by atoms with Crippen molar-refractivity contribution in [2.24, 2.45) is 0 Å². The van der Waals surface area contributed by atoms with Crippen LogP contribution in [0.15, 0.2) is 48.5 Å². The molecule has 0 amide bonds. The van der Waals surface area contributed by atoms with Crippen molar-refractivity contribution in [3.05, 3.63) is 59.7 Å². The molecule has 0 fully saturated rings. The molecule has 0 saturated carbocycles. The average molecular weight is 314 g/mol. The quantitative estimate of drug-likeness (QED) is 0.605. The second-order valence-corrected chi connectivity index (χ2v) is 4.82. The highest BCUT2D eigenvalue weighted by molar-refractivity contribution is 6.02. The zero-order chi connectivity index (χ0) is 16.8. The standard InChI is InChI=1S/C18H18O5/c1-12(16(19)13-8-5-4-6-9-13)23-18(20)14-10-7-11-15(21-2)17(14)22-3/h4-12H,1-3H3. The van der Waals surface area contributed by atoms with Gasteiger partial charge in [0.25, 0.3) is 0 Å². The summed E-state index contributed by atoms with van der Waals surface area (Å²) in [5.41, 5.74) is 0.699. The van der Waals surface area contributed by atoms with Crippen molar-refractivity contribution in [3.8, 4) is 11.5 Å². The number of benzene rings is 2. The van der Waals surface area contributed by atoms with Crippen molar-refractivity contribution in [2.75, 3.05) is 14.2 Å². The smallest absolute Gasteiger partial charge is 0.342 e. The van der Waals surface area contributed by atoms with E-state index in [9.17, 15) is 9.59 Å². The molecule has 1 unspecified atom stereocenters. The lowest BCUT2D eigenvalue weighted by atomic mass is 10.1. The lowest BCUT2D eigenvalue weighted by Gasteiger charge is -2.15. The lowest BCUT2D eigenvalue weighted by molar-refractivity contribution is 0.0315. The topological polar surface area (TPSA) is 61.8 Å². The Labute approximate surface area is 134 Å². The Morgan fingerprint density at radius 3 is 2.22 bits per heavy atom. The molecule has 2 rings (SSSR count). The van der Waals surface area contributed by atoms with E-state index in [0.29, 0.717) is 11.3 Å². The number of ketones is 1. The molecular formula is C18H18O5. The molecule has 0 bridgehead atoms. The maximum atomic E-state index is 12.3. The highest BCUT2D eigenvalue weighted by atomic mass is 16.6. The SMILES string of the molecule is COc1cccc(C(=O)OC(C)C(=O)c2ccccc2)c1OC. The van der Waals surface area contributed by atoms with Gasteiger partial charge in [0, 0.05) is 5.56 Å². The minimum Gasteiger partial charge on any atom is -0.493 e. The summed E-state index contributed by atoms with van der Waals surface area (Å²) in [6.45, 7) is 1.54. The highest BCUT2D eigenvalue weighted by Gasteiger charge is 2.23. The summed E-state index contributed by atoms with van der Waals surface area (Å²) in [4.78, 5) is 24.6. The predicted octanol–water partition coefficient (Wildman–Crippen LogP) is 3.13. The van der Waals surface area contributed by atoms with Crippen LogP contribution < -0.4 is 9.47 Å². The fourth-order valence-corrected chi connectivity index (χ4v) is 2.16. The number of rotatable bonds is 6. The van der Waals surface area contributed by atoms with Gasteiger partial charge in [0.15, 0.2) is 17.6 Å². The zero-order valence-electron chi connectivity index (χ0n) is 13.2. The molecule has 5 nitrogen and oxygen atoms in total. The Morgan fingerprint density at radius 2 is 1.61 bits per heavy atom. The number of methoxy groups -OCH3 is 2. The first kappa shape index (κ1) is 16.5. The van der Waals surface area contributed by atoms with Gasteiger partial charge in [-0.3, -0.25) is 4.79 Å².